The molecule has 2 fully saturated rings. The fourth-order valence-corrected chi connectivity index (χ4v) is 4.45. The Hall–Kier alpha value is -1.79. The Morgan fingerprint density at radius 3 is 2.69 bits per heavy atom. The van der Waals surface area contributed by atoms with Gasteiger partial charge in [-0.15, -0.1) is 0 Å². The van der Waals surface area contributed by atoms with Gasteiger partial charge < -0.3 is 15.5 Å². The number of nitrogens with one attached hydrogen (secondary N) is 2. The zero-order valence-electron chi connectivity index (χ0n) is 17.8. The molecule has 29 heavy (non-hydrogen) atoms. The zero-order chi connectivity index (χ0) is 20.8. The van der Waals surface area contributed by atoms with Crippen LogP contribution in [-0.4, -0.2) is 67.5 Å². The lowest BCUT2D eigenvalue weighted by atomic mass is 10.1. The van der Waals surface area contributed by atoms with E-state index in [0.717, 1.165) is 50.1 Å². The minimum Gasteiger partial charge on any atom is -0.354 e. The van der Waals surface area contributed by atoms with Crippen molar-refractivity contribution in [3.8, 4) is 0 Å². The SMILES string of the molecule is CN=C(NCC(c1cccc(Cl)c1)N1CCCC1)NC1CCN(C(=O)C(C)C)C1. The van der Waals surface area contributed by atoms with Crippen LogP contribution in [-0.2, 0) is 4.79 Å². The Morgan fingerprint density at radius 2 is 2.03 bits per heavy atom. The van der Waals surface area contributed by atoms with Gasteiger partial charge in [-0.2, -0.15) is 0 Å². The standard InChI is InChI=1S/C22H34ClN5O/c1-16(2)21(29)28-12-9-19(15-28)26-22(24-3)25-14-20(27-10-4-5-11-27)17-7-6-8-18(23)13-17/h6-8,13,16,19-20H,4-5,9-12,14-15H2,1-3H3,(H2,24,25,26). The molecule has 0 bridgehead atoms. The molecule has 1 aromatic carbocycles. The van der Waals surface area contributed by atoms with Crippen molar-refractivity contribution < 1.29 is 4.79 Å². The number of carbonyl (C=O) groups is 1. The topological polar surface area (TPSA) is 60.0 Å². The van der Waals surface area contributed by atoms with E-state index >= 15 is 0 Å². The summed E-state index contributed by atoms with van der Waals surface area (Å²) in [6.07, 6.45) is 3.43. The molecule has 0 spiro atoms. The minimum absolute atomic E-state index is 0.0464. The molecule has 3 rings (SSSR count). The van der Waals surface area contributed by atoms with E-state index in [4.69, 9.17) is 11.6 Å². The summed E-state index contributed by atoms with van der Waals surface area (Å²) in [6.45, 7) is 8.45. The number of aliphatic imine (C=N–C) groups is 1. The van der Waals surface area contributed by atoms with E-state index in [1.165, 1.54) is 18.4 Å². The van der Waals surface area contributed by atoms with Crippen molar-refractivity contribution in [3.05, 3.63) is 34.9 Å². The maximum Gasteiger partial charge on any atom is 0.225 e. The van der Waals surface area contributed by atoms with Gasteiger partial charge in [0.15, 0.2) is 5.96 Å². The third-order valence-corrected chi connectivity index (χ3v) is 6.07. The summed E-state index contributed by atoms with van der Waals surface area (Å²) in [4.78, 5) is 21.1. The number of hydrogen-bond acceptors (Lipinski definition) is 3. The van der Waals surface area contributed by atoms with E-state index in [9.17, 15) is 4.79 Å². The van der Waals surface area contributed by atoms with E-state index in [0.29, 0.717) is 0 Å². The Balaban J connectivity index is 1.58. The normalized spacial score (nSPS) is 21.6. The number of nitrogens with zero attached hydrogens (tertiary/aromatic N) is 3. The Labute approximate surface area is 179 Å². The summed E-state index contributed by atoms with van der Waals surface area (Å²) in [6, 6.07) is 8.66. The molecule has 1 aromatic rings. The van der Waals surface area contributed by atoms with Gasteiger partial charge in [0.1, 0.15) is 0 Å². The molecule has 2 heterocycles. The number of amides is 1. The third kappa shape index (κ3) is 5.86. The molecule has 2 aliphatic rings. The van der Waals surface area contributed by atoms with Crippen molar-refractivity contribution in [2.24, 2.45) is 10.9 Å². The van der Waals surface area contributed by atoms with Crippen LogP contribution in [0.5, 0.6) is 0 Å². The molecule has 160 valence electrons. The number of benzene rings is 1. The van der Waals surface area contributed by atoms with Gasteiger partial charge >= 0.3 is 0 Å². The number of hydrogen-bond donors (Lipinski definition) is 2. The molecule has 0 radical (unpaired) electrons. The van der Waals surface area contributed by atoms with Crippen molar-refractivity contribution in [1.82, 2.24) is 20.4 Å². The minimum atomic E-state index is 0.0464. The molecule has 0 aliphatic carbocycles. The van der Waals surface area contributed by atoms with Gasteiger partial charge in [-0.3, -0.25) is 14.7 Å². The van der Waals surface area contributed by atoms with Gasteiger partial charge in [-0.25, -0.2) is 0 Å². The summed E-state index contributed by atoms with van der Waals surface area (Å²) < 4.78 is 0. The first-order chi connectivity index (χ1) is 14.0. The highest BCUT2D eigenvalue weighted by Gasteiger charge is 2.28. The fourth-order valence-electron chi connectivity index (χ4n) is 4.25. The van der Waals surface area contributed by atoms with Gasteiger partial charge in [-0.1, -0.05) is 37.6 Å². The first kappa shape index (κ1) is 21.9. The first-order valence-corrected chi connectivity index (χ1v) is 11.1. The molecule has 2 saturated heterocycles. The molecule has 2 unspecified atom stereocenters. The van der Waals surface area contributed by atoms with Crippen LogP contribution < -0.4 is 10.6 Å². The van der Waals surface area contributed by atoms with Crippen LogP contribution in [0, 0.1) is 5.92 Å². The van der Waals surface area contributed by atoms with Crippen molar-refractivity contribution in [2.45, 2.75) is 45.2 Å². The van der Waals surface area contributed by atoms with Gasteiger partial charge in [0.05, 0.1) is 6.04 Å². The predicted molar refractivity (Wildman–Crippen MR) is 119 cm³/mol. The molecule has 1 amide bonds. The van der Waals surface area contributed by atoms with Crippen LogP contribution in [0.3, 0.4) is 0 Å². The Morgan fingerprint density at radius 1 is 1.28 bits per heavy atom. The molecule has 0 saturated carbocycles. The second kappa shape index (κ2) is 10.3. The van der Waals surface area contributed by atoms with Crippen molar-refractivity contribution in [1.29, 1.82) is 0 Å². The Bertz CT molecular complexity index is 717. The van der Waals surface area contributed by atoms with Crippen LogP contribution in [0.25, 0.3) is 0 Å². The highest BCUT2D eigenvalue weighted by Crippen LogP contribution is 2.26. The van der Waals surface area contributed by atoms with Crippen LogP contribution in [0.2, 0.25) is 5.02 Å². The largest absolute Gasteiger partial charge is 0.354 e. The van der Waals surface area contributed by atoms with E-state index < -0.39 is 0 Å². The maximum absolute atomic E-state index is 12.2. The monoisotopic (exact) mass is 419 g/mol. The predicted octanol–water partition coefficient (Wildman–Crippen LogP) is 2.90. The summed E-state index contributed by atoms with van der Waals surface area (Å²) in [7, 11) is 1.80. The first-order valence-electron chi connectivity index (χ1n) is 10.7. The molecule has 7 heteroatoms. The van der Waals surface area contributed by atoms with E-state index in [2.05, 4.69) is 32.7 Å². The molecule has 2 aliphatic heterocycles. The number of carbonyl (C=O) groups excluding carboxylic acids is 1. The summed E-state index contributed by atoms with van der Waals surface area (Å²) in [5.74, 6) is 1.07. The maximum atomic E-state index is 12.2. The molecule has 2 atom stereocenters. The lowest BCUT2D eigenvalue weighted by Crippen LogP contribution is -2.47. The molecular formula is C22H34ClN5O. The van der Waals surface area contributed by atoms with Crippen molar-refractivity contribution >= 4 is 23.5 Å². The smallest absolute Gasteiger partial charge is 0.225 e. The number of halogens is 1. The van der Waals surface area contributed by atoms with Crippen LogP contribution in [0.15, 0.2) is 29.3 Å². The van der Waals surface area contributed by atoms with Crippen LogP contribution in [0.1, 0.15) is 44.7 Å². The fraction of sp³-hybridized carbons (Fsp3) is 0.636. The molecule has 0 aromatic heterocycles. The second-order valence-corrected chi connectivity index (χ2v) is 8.77. The summed E-state index contributed by atoms with van der Waals surface area (Å²) >= 11 is 6.25. The highest BCUT2D eigenvalue weighted by molar-refractivity contribution is 6.30. The van der Waals surface area contributed by atoms with Gasteiger partial charge in [0, 0.05) is 43.7 Å². The number of likely N-dealkylation sites (tertiary alicyclic amines) is 2. The number of guanidine groups is 1. The third-order valence-electron chi connectivity index (χ3n) is 5.84. The van der Waals surface area contributed by atoms with Crippen molar-refractivity contribution in [2.75, 3.05) is 39.8 Å². The van der Waals surface area contributed by atoms with E-state index in [1.54, 1.807) is 7.05 Å². The second-order valence-electron chi connectivity index (χ2n) is 8.34. The lowest BCUT2D eigenvalue weighted by molar-refractivity contribution is -0.133. The van der Waals surface area contributed by atoms with Gasteiger partial charge in [0.25, 0.3) is 0 Å². The molecular weight excluding hydrogens is 386 g/mol. The highest BCUT2D eigenvalue weighted by atomic mass is 35.5. The molecule has 6 nitrogen and oxygen atoms in total. The van der Waals surface area contributed by atoms with Crippen molar-refractivity contribution in [3.63, 3.8) is 0 Å². The number of rotatable bonds is 6. The summed E-state index contributed by atoms with van der Waals surface area (Å²) in [5, 5.41) is 7.78. The van der Waals surface area contributed by atoms with E-state index in [-0.39, 0.29) is 23.9 Å². The van der Waals surface area contributed by atoms with Crippen LogP contribution >= 0.6 is 11.6 Å². The van der Waals surface area contributed by atoms with Crippen LogP contribution in [0.4, 0.5) is 0 Å². The average Bonchev–Trinajstić information content (AvgIpc) is 3.39. The quantitative estimate of drug-likeness (QED) is 0.549. The summed E-state index contributed by atoms with van der Waals surface area (Å²) in [5.41, 5.74) is 1.23. The van der Waals surface area contributed by atoms with Gasteiger partial charge in [-0.05, 0) is 50.0 Å². The Kier molecular flexibility index (Phi) is 7.78. The van der Waals surface area contributed by atoms with E-state index in [1.807, 2.05) is 30.9 Å². The lowest BCUT2D eigenvalue weighted by Gasteiger charge is -2.29. The van der Waals surface area contributed by atoms with Gasteiger partial charge in [0.2, 0.25) is 5.91 Å². The molecule has 2 N–H and O–H groups in total. The average molecular weight is 420 g/mol. The zero-order valence-corrected chi connectivity index (χ0v) is 18.6.